The Balaban J connectivity index is 1.58. The van der Waals surface area contributed by atoms with Crippen molar-refractivity contribution in [3.8, 4) is 0 Å². The predicted molar refractivity (Wildman–Crippen MR) is 92.3 cm³/mol. The Bertz CT molecular complexity index is 714. The normalized spacial score (nSPS) is 17.7. The van der Waals surface area contributed by atoms with Crippen molar-refractivity contribution in [2.24, 2.45) is 0 Å². The predicted octanol–water partition coefficient (Wildman–Crippen LogP) is 3.17. The highest BCUT2D eigenvalue weighted by Gasteiger charge is 2.26. The molecule has 0 radical (unpaired) electrons. The molecule has 0 N–H and O–H groups in total. The zero-order chi connectivity index (χ0) is 16.9. The molecule has 0 spiro atoms. The van der Waals surface area contributed by atoms with Crippen molar-refractivity contribution in [3.05, 3.63) is 52.0 Å². The maximum atomic E-state index is 12.6. The van der Waals surface area contributed by atoms with Crippen molar-refractivity contribution in [2.45, 2.75) is 32.5 Å². The Morgan fingerprint density at radius 1 is 1.29 bits per heavy atom. The lowest BCUT2D eigenvalue weighted by Crippen LogP contribution is -2.43. The number of ether oxygens (including phenoxy) is 1. The second-order valence-electron chi connectivity index (χ2n) is 5.87. The third-order valence-corrected chi connectivity index (χ3v) is 5.20. The number of amides is 1. The molecule has 0 bridgehead atoms. The van der Waals surface area contributed by atoms with Crippen LogP contribution in [0.4, 0.5) is 0 Å². The summed E-state index contributed by atoms with van der Waals surface area (Å²) in [6.45, 7) is 3.29. The molecule has 1 aliphatic heterocycles. The Kier molecular flexibility index (Phi) is 5.37. The first kappa shape index (κ1) is 16.8. The van der Waals surface area contributed by atoms with Gasteiger partial charge < -0.3 is 9.64 Å². The molecule has 0 saturated carbocycles. The Morgan fingerprint density at radius 2 is 2.12 bits per heavy atom. The molecular weight excluding hydrogens is 324 g/mol. The SMILES string of the molecule is CC(=O)c1ccc(C(=O)N2CCC[C@@H](OCc3ccccn3)C2)s1. The van der Waals surface area contributed by atoms with Gasteiger partial charge in [0.2, 0.25) is 0 Å². The van der Waals surface area contributed by atoms with Gasteiger partial charge in [0.1, 0.15) is 0 Å². The molecule has 3 rings (SSSR count). The van der Waals surface area contributed by atoms with Gasteiger partial charge in [0, 0.05) is 19.3 Å². The maximum Gasteiger partial charge on any atom is 0.264 e. The number of Topliss-reactive ketones (excluding diaryl/α,β-unsaturated/α-hetero) is 1. The fourth-order valence-corrected chi connectivity index (χ4v) is 3.61. The highest BCUT2D eigenvalue weighted by atomic mass is 32.1. The molecule has 0 aliphatic carbocycles. The number of carbonyl (C=O) groups is 2. The monoisotopic (exact) mass is 344 g/mol. The van der Waals surface area contributed by atoms with Crippen molar-refractivity contribution < 1.29 is 14.3 Å². The third kappa shape index (κ3) is 4.07. The Morgan fingerprint density at radius 3 is 2.83 bits per heavy atom. The zero-order valence-corrected chi connectivity index (χ0v) is 14.4. The summed E-state index contributed by atoms with van der Waals surface area (Å²) in [5.74, 6) is -0.0205. The molecule has 6 heteroatoms. The molecule has 3 heterocycles. The summed E-state index contributed by atoms with van der Waals surface area (Å²) in [5.41, 5.74) is 0.894. The molecule has 1 atom stereocenters. The number of ketones is 1. The number of thiophene rings is 1. The van der Waals surface area contributed by atoms with Gasteiger partial charge in [-0.2, -0.15) is 0 Å². The molecule has 1 amide bonds. The zero-order valence-electron chi connectivity index (χ0n) is 13.6. The molecule has 0 aromatic carbocycles. The minimum atomic E-state index is -0.0152. The molecular formula is C18H20N2O3S. The maximum absolute atomic E-state index is 12.6. The summed E-state index contributed by atoms with van der Waals surface area (Å²) in [7, 11) is 0. The number of carbonyl (C=O) groups excluding carboxylic acids is 2. The number of nitrogens with zero attached hydrogens (tertiary/aromatic N) is 2. The first-order chi connectivity index (χ1) is 11.6. The topological polar surface area (TPSA) is 59.5 Å². The largest absolute Gasteiger partial charge is 0.370 e. The lowest BCUT2D eigenvalue weighted by Gasteiger charge is -2.32. The van der Waals surface area contributed by atoms with Crippen molar-refractivity contribution in [1.29, 1.82) is 0 Å². The van der Waals surface area contributed by atoms with Crippen LogP contribution in [0, 0.1) is 0 Å². The summed E-state index contributed by atoms with van der Waals surface area (Å²) >= 11 is 1.26. The van der Waals surface area contributed by atoms with Gasteiger partial charge in [-0.3, -0.25) is 14.6 Å². The highest BCUT2D eigenvalue weighted by molar-refractivity contribution is 7.15. The molecule has 126 valence electrons. The van der Waals surface area contributed by atoms with E-state index in [1.165, 1.54) is 18.3 Å². The fraction of sp³-hybridized carbons (Fsp3) is 0.389. The molecule has 1 aliphatic rings. The molecule has 1 fully saturated rings. The van der Waals surface area contributed by atoms with Crippen LogP contribution in [-0.2, 0) is 11.3 Å². The van der Waals surface area contributed by atoms with Crippen LogP contribution >= 0.6 is 11.3 Å². The summed E-state index contributed by atoms with van der Waals surface area (Å²) in [5, 5.41) is 0. The summed E-state index contributed by atoms with van der Waals surface area (Å²) in [4.78, 5) is 31.3. The van der Waals surface area contributed by atoms with E-state index in [-0.39, 0.29) is 17.8 Å². The second kappa shape index (κ2) is 7.68. The van der Waals surface area contributed by atoms with Crippen LogP contribution in [-0.4, -0.2) is 40.8 Å². The molecule has 0 unspecified atom stereocenters. The van der Waals surface area contributed by atoms with Crippen molar-refractivity contribution in [1.82, 2.24) is 9.88 Å². The van der Waals surface area contributed by atoms with Crippen LogP contribution < -0.4 is 0 Å². The van der Waals surface area contributed by atoms with Gasteiger partial charge in [-0.15, -0.1) is 11.3 Å². The van der Waals surface area contributed by atoms with Gasteiger partial charge in [-0.25, -0.2) is 0 Å². The molecule has 5 nitrogen and oxygen atoms in total. The van der Waals surface area contributed by atoms with Crippen LogP contribution in [0.1, 0.15) is 44.8 Å². The minimum absolute atomic E-state index is 0.00531. The van der Waals surface area contributed by atoms with E-state index in [9.17, 15) is 9.59 Å². The number of rotatable bonds is 5. The van der Waals surface area contributed by atoms with E-state index < -0.39 is 0 Å². The smallest absolute Gasteiger partial charge is 0.264 e. The number of piperidine rings is 1. The number of pyridine rings is 1. The fourth-order valence-electron chi connectivity index (χ4n) is 2.74. The van der Waals surface area contributed by atoms with E-state index in [1.807, 2.05) is 23.1 Å². The van der Waals surface area contributed by atoms with Gasteiger partial charge in [0.15, 0.2) is 5.78 Å². The summed E-state index contributed by atoms with van der Waals surface area (Å²) < 4.78 is 5.92. The first-order valence-corrected chi connectivity index (χ1v) is 8.86. The van der Waals surface area contributed by atoms with Crippen molar-refractivity contribution in [2.75, 3.05) is 13.1 Å². The van der Waals surface area contributed by atoms with E-state index in [0.717, 1.165) is 25.1 Å². The third-order valence-electron chi connectivity index (χ3n) is 4.02. The minimum Gasteiger partial charge on any atom is -0.370 e. The number of hydrogen-bond acceptors (Lipinski definition) is 5. The first-order valence-electron chi connectivity index (χ1n) is 8.05. The number of likely N-dealkylation sites (tertiary alicyclic amines) is 1. The molecule has 1 saturated heterocycles. The van der Waals surface area contributed by atoms with Crippen LogP contribution in [0.15, 0.2) is 36.5 Å². The molecule has 2 aromatic rings. The standard InChI is InChI=1S/C18H20N2O3S/c1-13(21)16-7-8-17(24-16)18(22)20-10-4-6-15(11-20)23-12-14-5-2-3-9-19-14/h2-3,5,7-9,15H,4,6,10-12H2,1H3/t15-/m1/s1. The van der Waals surface area contributed by atoms with E-state index in [4.69, 9.17) is 4.74 Å². The van der Waals surface area contributed by atoms with Gasteiger partial charge >= 0.3 is 0 Å². The van der Waals surface area contributed by atoms with Crippen LogP contribution in [0.2, 0.25) is 0 Å². The van der Waals surface area contributed by atoms with Crippen LogP contribution in [0.3, 0.4) is 0 Å². The van der Waals surface area contributed by atoms with Crippen molar-refractivity contribution >= 4 is 23.0 Å². The van der Waals surface area contributed by atoms with E-state index in [0.29, 0.717) is 22.9 Å². The molecule has 2 aromatic heterocycles. The lowest BCUT2D eigenvalue weighted by atomic mass is 10.1. The number of hydrogen-bond donors (Lipinski definition) is 0. The van der Waals surface area contributed by atoms with E-state index >= 15 is 0 Å². The van der Waals surface area contributed by atoms with Gasteiger partial charge in [-0.05, 0) is 44.0 Å². The van der Waals surface area contributed by atoms with Crippen LogP contribution in [0.25, 0.3) is 0 Å². The summed E-state index contributed by atoms with van der Waals surface area (Å²) in [6, 6.07) is 9.20. The van der Waals surface area contributed by atoms with Crippen molar-refractivity contribution in [3.63, 3.8) is 0 Å². The van der Waals surface area contributed by atoms with E-state index in [1.54, 1.807) is 18.3 Å². The van der Waals surface area contributed by atoms with Gasteiger partial charge in [0.25, 0.3) is 5.91 Å². The summed E-state index contributed by atoms with van der Waals surface area (Å²) in [6.07, 6.45) is 3.64. The highest BCUT2D eigenvalue weighted by Crippen LogP contribution is 2.22. The average molecular weight is 344 g/mol. The Labute approximate surface area is 145 Å². The molecule has 24 heavy (non-hydrogen) atoms. The quantitative estimate of drug-likeness (QED) is 0.782. The second-order valence-corrected chi connectivity index (χ2v) is 6.95. The van der Waals surface area contributed by atoms with Gasteiger partial charge in [-0.1, -0.05) is 6.07 Å². The lowest BCUT2D eigenvalue weighted by molar-refractivity contribution is -0.00771. The number of aromatic nitrogens is 1. The van der Waals surface area contributed by atoms with Gasteiger partial charge in [0.05, 0.1) is 28.2 Å². The Hall–Kier alpha value is -2.05. The van der Waals surface area contributed by atoms with Crippen LogP contribution in [0.5, 0.6) is 0 Å². The van der Waals surface area contributed by atoms with E-state index in [2.05, 4.69) is 4.98 Å². The average Bonchev–Trinajstić information content (AvgIpc) is 3.11.